The van der Waals surface area contributed by atoms with Crippen molar-refractivity contribution in [2.45, 2.75) is 31.8 Å². The molecule has 0 saturated heterocycles. The summed E-state index contributed by atoms with van der Waals surface area (Å²) in [5.74, 6) is 0. The van der Waals surface area contributed by atoms with Crippen molar-refractivity contribution in [2.75, 3.05) is 0 Å². The maximum atomic E-state index is 9.72. The molecular formula is C11H14ClNO. The van der Waals surface area contributed by atoms with Gasteiger partial charge in [-0.25, -0.2) is 0 Å². The van der Waals surface area contributed by atoms with Crippen LogP contribution in [0.15, 0.2) is 24.3 Å². The molecule has 0 aliphatic heterocycles. The number of rotatable bonds is 3. The Morgan fingerprint density at radius 1 is 1.36 bits per heavy atom. The van der Waals surface area contributed by atoms with Gasteiger partial charge in [-0.05, 0) is 24.5 Å². The smallest absolute Gasteiger partial charge is 0.0506 e. The molecular weight excluding hydrogens is 198 g/mol. The zero-order valence-corrected chi connectivity index (χ0v) is 8.74. The van der Waals surface area contributed by atoms with E-state index in [1.54, 1.807) is 0 Å². The second-order valence-electron chi connectivity index (χ2n) is 3.77. The molecule has 0 heterocycles. The van der Waals surface area contributed by atoms with Crippen molar-refractivity contribution in [3.8, 4) is 0 Å². The third-order valence-electron chi connectivity index (χ3n) is 2.79. The highest BCUT2D eigenvalue weighted by Crippen LogP contribution is 2.26. The monoisotopic (exact) mass is 211 g/mol. The summed E-state index contributed by atoms with van der Waals surface area (Å²) in [7, 11) is 0. The summed E-state index contributed by atoms with van der Waals surface area (Å²) in [6, 6.07) is 7.98. The Kier molecular flexibility index (Phi) is 3.06. The molecule has 1 aromatic rings. The first-order chi connectivity index (χ1) is 6.77. The van der Waals surface area contributed by atoms with Crippen molar-refractivity contribution < 1.29 is 5.21 Å². The molecule has 1 fully saturated rings. The van der Waals surface area contributed by atoms with Crippen LogP contribution < -0.4 is 0 Å². The molecule has 0 unspecified atom stereocenters. The summed E-state index contributed by atoms with van der Waals surface area (Å²) >= 11 is 6.00. The number of benzene rings is 1. The van der Waals surface area contributed by atoms with Crippen molar-refractivity contribution in [3.63, 3.8) is 0 Å². The fourth-order valence-electron chi connectivity index (χ4n) is 1.61. The minimum atomic E-state index is 0.339. The molecule has 0 bridgehead atoms. The Labute approximate surface area is 89.1 Å². The molecule has 76 valence electrons. The molecule has 2 rings (SSSR count). The van der Waals surface area contributed by atoms with Crippen LogP contribution in [-0.4, -0.2) is 16.3 Å². The Balaban J connectivity index is 1.99. The normalized spacial score (nSPS) is 17.1. The lowest BCUT2D eigenvalue weighted by Crippen LogP contribution is -2.37. The van der Waals surface area contributed by atoms with Crippen LogP contribution in [0.3, 0.4) is 0 Å². The van der Waals surface area contributed by atoms with Crippen molar-refractivity contribution >= 4 is 11.6 Å². The molecule has 0 amide bonds. The second-order valence-corrected chi connectivity index (χ2v) is 4.18. The van der Waals surface area contributed by atoms with E-state index >= 15 is 0 Å². The lowest BCUT2D eigenvalue weighted by Gasteiger charge is -2.32. The molecule has 1 aromatic carbocycles. The summed E-state index contributed by atoms with van der Waals surface area (Å²) in [4.78, 5) is 0. The van der Waals surface area contributed by atoms with Crippen molar-refractivity contribution in [1.82, 2.24) is 5.06 Å². The summed E-state index contributed by atoms with van der Waals surface area (Å²) in [6.45, 7) is 0.532. The quantitative estimate of drug-likeness (QED) is 0.777. The summed E-state index contributed by atoms with van der Waals surface area (Å²) in [5.41, 5.74) is 0.989. The van der Waals surface area contributed by atoms with Gasteiger partial charge < -0.3 is 5.21 Å². The van der Waals surface area contributed by atoms with Gasteiger partial charge in [0.1, 0.15) is 0 Å². The van der Waals surface area contributed by atoms with E-state index in [9.17, 15) is 5.21 Å². The van der Waals surface area contributed by atoms with Crippen LogP contribution in [0, 0.1) is 0 Å². The van der Waals surface area contributed by atoms with Crippen LogP contribution >= 0.6 is 11.6 Å². The van der Waals surface area contributed by atoms with Crippen LogP contribution in [0.4, 0.5) is 0 Å². The number of hydroxylamine groups is 2. The van der Waals surface area contributed by atoms with E-state index in [1.165, 1.54) is 11.5 Å². The van der Waals surface area contributed by atoms with Gasteiger partial charge in [-0.3, -0.25) is 0 Å². The van der Waals surface area contributed by atoms with Gasteiger partial charge in [-0.1, -0.05) is 36.2 Å². The Hall–Kier alpha value is -0.570. The Morgan fingerprint density at radius 2 is 2.07 bits per heavy atom. The predicted molar refractivity (Wildman–Crippen MR) is 56.4 cm³/mol. The second kappa shape index (κ2) is 4.30. The average molecular weight is 212 g/mol. The largest absolute Gasteiger partial charge is 0.313 e. The van der Waals surface area contributed by atoms with Crippen LogP contribution in [0.2, 0.25) is 5.02 Å². The number of hydrogen-bond acceptors (Lipinski definition) is 2. The summed E-state index contributed by atoms with van der Waals surface area (Å²) in [5, 5.41) is 11.9. The van der Waals surface area contributed by atoms with Crippen LogP contribution in [0.25, 0.3) is 0 Å². The minimum absolute atomic E-state index is 0.339. The maximum absolute atomic E-state index is 9.72. The number of nitrogens with zero attached hydrogens (tertiary/aromatic N) is 1. The Morgan fingerprint density at radius 3 is 2.64 bits per heavy atom. The van der Waals surface area contributed by atoms with Crippen LogP contribution in [0.5, 0.6) is 0 Å². The molecule has 0 spiro atoms. The van der Waals surface area contributed by atoms with Gasteiger partial charge >= 0.3 is 0 Å². The van der Waals surface area contributed by atoms with Gasteiger partial charge in [-0.2, -0.15) is 5.06 Å². The molecule has 1 N–H and O–H groups in total. The van der Waals surface area contributed by atoms with Gasteiger partial charge in [0.05, 0.1) is 6.54 Å². The third-order valence-corrected chi connectivity index (χ3v) is 3.16. The highest BCUT2D eigenvalue weighted by molar-refractivity contribution is 6.31. The first-order valence-electron chi connectivity index (χ1n) is 4.96. The fourth-order valence-corrected chi connectivity index (χ4v) is 1.81. The van der Waals surface area contributed by atoms with Gasteiger partial charge in [0.15, 0.2) is 0 Å². The minimum Gasteiger partial charge on any atom is -0.313 e. The van der Waals surface area contributed by atoms with Crippen LogP contribution in [-0.2, 0) is 6.54 Å². The molecule has 0 atom stereocenters. The fraction of sp³-hybridized carbons (Fsp3) is 0.455. The highest BCUT2D eigenvalue weighted by Gasteiger charge is 2.23. The van der Waals surface area contributed by atoms with E-state index in [0.717, 1.165) is 23.4 Å². The standard InChI is InChI=1S/C11H14ClNO/c12-11-7-2-1-4-9(11)8-13(14)10-5-3-6-10/h1-2,4,7,10,14H,3,5-6,8H2. The summed E-state index contributed by atoms with van der Waals surface area (Å²) in [6.07, 6.45) is 3.42. The molecule has 2 nitrogen and oxygen atoms in total. The molecule has 14 heavy (non-hydrogen) atoms. The lowest BCUT2D eigenvalue weighted by molar-refractivity contribution is -0.154. The van der Waals surface area contributed by atoms with E-state index in [4.69, 9.17) is 11.6 Å². The molecule has 1 aliphatic carbocycles. The van der Waals surface area contributed by atoms with Crippen molar-refractivity contribution in [1.29, 1.82) is 0 Å². The topological polar surface area (TPSA) is 23.5 Å². The van der Waals surface area contributed by atoms with Gasteiger partial charge in [0.2, 0.25) is 0 Å². The van der Waals surface area contributed by atoms with Gasteiger partial charge in [0.25, 0.3) is 0 Å². The van der Waals surface area contributed by atoms with Gasteiger partial charge in [-0.15, -0.1) is 0 Å². The number of halogens is 1. The van der Waals surface area contributed by atoms with E-state index < -0.39 is 0 Å². The Bertz CT molecular complexity index is 312. The molecule has 3 heteroatoms. The van der Waals surface area contributed by atoms with E-state index in [1.807, 2.05) is 24.3 Å². The van der Waals surface area contributed by atoms with E-state index in [0.29, 0.717) is 12.6 Å². The van der Waals surface area contributed by atoms with E-state index in [2.05, 4.69) is 0 Å². The molecule has 1 aliphatic rings. The highest BCUT2D eigenvalue weighted by atomic mass is 35.5. The van der Waals surface area contributed by atoms with Crippen molar-refractivity contribution in [3.05, 3.63) is 34.9 Å². The average Bonchev–Trinajstić information content (AvgIpc) is 2.05. The third kappa shape index (κ3) is 2.08. The molecule has 0 aromatic heterocycles. The SMILES string of the molecule is ON(Cc1ccccc1Cl)C1CCC1. The zero-order chi connectivity index (χ0) is 9.97. The van der Waals surface area contributed by atoms with E-state index in [-0.39, 0.29) is 0 Å². The maximum Gasteiger partial charge on any atom is 0.0506 e. The van der Waals surface area contributed by atoms with Crippen LogP contribution in [0.1, 0.15) is 24.8 Å². The first-order valence-corrected chi connectivity index (χ1v) is 5.34. The predicted octanol–water partition coefficient (Wildman–Crippen LogP) is 3.08. The zero-order valence-electron chi connectivity index (χ0n) is 7.99. The first kappa shape index (κ1) is 9.97. The van der Waals surface area contributed by atoms with Gasteiger partial charge in [0, 0.05) is 11.1 Å². The van der Waals surface area contributed by atoms with Crippen molar-refractivity contribution in [2.24, 2.45) is 0 Å². The molecule has 0 radical (unpaired) electrons. The summed E-state index contributed by atoms with van der Waals surface area (Å²) < 4.78 is 0. The molecule has 1 saturated carbocycles. The number of hydrogen-bond donors (Lipinski definition) is 1. The lowest BCUT2D eigenvalue weighted by atomic mass is 9.92.